The van der Waals surface area contributed by atoms with E-state index >= 15 is 0 Å². The van der Waals surface area contributed by atoms with Gasteiger partial charge in [0.25, 0.3) is 0 Å². The Balaban J connectivity index is 1.88. The molecule has 0 spiro atoms. The van der Waals surface area contributed by atoms with Crippen LogP contribution < -0.4 is 5.32 Å². The monoisotopic (exact) mass is 314 g/mol. The van der Waals surface area contributed by atoms with Crippen LogP contribution in [0.5, 0.6) is 0 Å². The Kier molecular flexibility index (Phi) is 6.20. The van der Waals surface area contributed by atoms with Crippen molar-refractivity contribution in [3.8, 4) is 0 Å². The maximum absolute atomic E-state index is 5.28. The van der Waals surface area contributed by atoms with E-state index in [9.17, 15) is 0 Å². The molecule has 0 aliphatic carbocycles. The molecule has 2 atom stereocenters. The van der Waals surface area contributed by atoms with Crippen molar-refractivity contribution >= 4 is 17.7 Å². The van der Waals surface area contributed by atoms with Crippen molar-refractivity contribution in [2.45, 2.75) is 18.4 Å². The van der Waals surface area contributed by atoms with Gasteiger partial charge in [0.15, 0.2) is 5.96 Å². The van der Waals surface area contributed by atoms with Gasteiger partial charge in [-0.15, -0.1) is 0 Å². The third kappa shape index (κ3) is 4.05. The highest BCUT2D eigenvalue weighted by atomic mass is 32.2. The molecular weight excluding hydrogens is 284 g/mol. The van der Waals surface area contributed by atoms with Gasteiger partial charge in [0.2, 0.25) is 0 Å². The molecule has 0 aromatic carbocycles. The van der Waals surface area contributed by atoms with Gasteiger partial charge in [0.05, 0.1) is 6.61 Å². The van der Waals surface area contributed by atoms with Gasteiger partial charge in [-0.1, -0.05) is 0 Å². The first-order valence-electron chi connectivity index (χ1n) is 7.81. The van der Waals surface area contributed by atoms with E-state index in [1.54, 1.807) is 7.11 Å². The van der Waals surface area contributed by atoms with Crippen molar-refractivity contribution in [3.63, 3.8) is 0 Å². The number of thioether (sulfide) groups is 1. The number of nitrogens with one attached hydrogen (secondary N) is 1. The van der Waals surface area contributed by atoms with Gasteiger partial charge in [-0.2, -0.15) is 11.8 Å². The fourth-order valence-electron chi connectivity index (χ4n) is 3.22. The maximum Gasteiger partial charge on any atom is 0.193 e. The van der Waals surface area contributed by atoms with Crippen LogP contribution in [0.3, 0.4) is 0 Å². The molecule has 6 heteroatoms. The van der Waals surface area contributed by atoms with Crippen LogP contribution in [0.15, 0.2) is 4.99 Å². The van der Waals surface area contributed by atoms with Crippen molar-refractivity contribution in [1.82, 2.24) is 15.1 Å². The van der Waals surface area contributed by atoms with E-state index in [0.717, 1.165) is 32.2 Å². The third-order valence-corrected chi connectivity index (χ3v) is 6.04. The first-order chi connectivity index (χ1) is 10.1. The number of hydrogen-bond acceptors (Lipinski definition) is 4. The first kappa shape index (κ1) is 16.9. The van der Waals surface area contributed by atoms with Crippen molar-refractivity contribution in [1.29, 1.82) is 0 Å². The average Bonchev–Trinajstić information content (AvgIpc) is 3.10. The number of nitrogens with zero attached hydrogens (tertiary/aromatic N) is 3. The van der Waals surface area contributed by atoms with Gasteiger partial charge >= 0.3 is 0 Å². The van der Waals surface area contributed by atoms with Crippen molar-refractivity contribution < 1.29 is 4.74 Å². The topological polar surface area (TPSA) is 40.1 Å². The Labute approximate surface area is 133 Å². The Morgan fingerprint density at radius 3 is 2.90 bits per heavy atom. The van der Waals surface area contributed by atoms with Crippen LogP contribution in [0.25, 0.3) is 0 Å². The molecule has 2 heterocycles. The summed E-state index contributed by atoms with van der Waals surface area (Å²) in [5, 5.41) is 3.62. The molecule has 0 aromatic rings. The molecule has 0 saturated carbocycles. The molecule has 0 radical (unpaired) electrons. The van der Waals surface area contributed by atoms with Crippen LogP contribution in [0.4, 0.5) is 0 Å². The number of ether oxygens (including phenoxy) is 1. The molecule has 2 aliphatic heterocycles. The molecule has 2 aliphatic rings. The molecule has 2 unspecified atom stereocenters. The van der Waals surface area contributed by atoms with Crippen LogP contribution in [0.1, 0.15) is 12.8 Å². The second-order valence-corrected chi connectivity index (χ2v) is 7.48. The summed E-state index contributed by atoms with van der Waals surface area (Å²) in [5.41, 5.74) is 0.270. The smallest absolute Gasteiger partial charge is 0.193 e. The Morgan fingerprint density at radius 2 is 2.33 bits per heavy atom. The lowest BCUT2D eigenvalue weighted by Crippen LogP contribution is -2.55. The molecule has 5 nitrogen and oxygen atoms in total. The number of guanidine groups is 1. The minimum Gasteiger partial charge on any atom is -0.384 e. The highest BCUT2D eigenvalue weighted by Gasteiger charge is 2.37. The Hall–Kier alpha value is -0.460. The lowest BCUT2D eigenvalue weighted by Gasteiger charge is -2.37. The number of methoxy groups -OCH3 is 1. The summed E-state index contributed by atoms with van der Waals surface area (Å²) in [6, 6.07) is 0. The summed E-state index contributed by atoms with van der Waals surface area (Å²) in [6.45, 7) is 3.96. The summed E-state index contributed by atoms with van der Waals surface area (Å²) in [5.74, 6) is 4.15. The minimum atomic E-state index is 0.270. The lowest BCUT2D eigenvalue weighted by molar-refractivity contribution is 0.156. The van der Waals surface area contributed by atoms with Gasteiger partial charge in [-0.3, -0.25) is 4.99 Å². The molecule has 122 valence electrons. The van der Waals surface area contributed by atoms with Crippen LogP contribution in [-0.2, 0) is 4.74 Å². The highest BCUT2D eigenvalue weighted by Crippen LogP contribution is 2.31. The van der Waals surface area contributed by atoms with E-state index in [2.05, 4.69) is 46.0 Å². The summed E-state index contributed by atoms with van der Waals surface area (Å²) >= 11 is 2.06. The molecule has 2 rings (SSSR count). The molecule has 2 saturated heterocycles. The quantitative estimate of drug-likeness (QED) is 0.605. The number of likely N-dealkylation sites (tertiary alicyclic amines) is 1. The fraction of sp³-hybridized carbons (Fsp3) is 0.933. The average molecular weight is 314 g/mol. The predicted octanol–water partition coefficient (Wildman–Crippen LogP) is 0.967. The van der Waals surface area contributed by atoms with Gasteiger partial charge < -0.3 is 19.9 Å². The van der Waals surface area contributed by atoms with Crippen LogP contribution in [0.2, 0.25) is 0 Å². The van der Waals surface area contributed by atoms with E-state index in [0.29, 0.717) is 5.92 Å². The Morgan fingerprint density at radius 1 is 1.52 bits per heavy atom. The fourth-order valence-corrected chi connectivity index (χ4v) is 4.77. The molecular formula is C15H30N4OS. The van der Waals surface area contributed by atoms with Gasteiger partial charge in [-0.25, -0.2) is 0 Å². The SMILES string of the molecule is CN=C(NCC1(N(C)C)CCSC1)N1CCC(COC)C1. The molecule has 1 N–H and O–H groups in total. The van der Waals surface area contributed by atoms with E-state index in [1.807, 2.05) is 7.05 Å². The van der Waals surface area contributed by atoms with E-state index in [-0.39, 0.29) is 5.54 Å². The standard InChI is InChI=1S/C15H30N4OS/c1-16-14(19-7-5-13(9-19)10-20-4)17-11-15(18(2)3)6-8-21-12-15/h13H,5-12H2,1-4H3,(H,16,17). The summed E-state index contributed by atoms with van der Waals surface area (Å²) in [4.78, 5) is 9.23. The number of likely N-dealkylation sites (N-methyl/N-ethyl adjacent to an activating group) is 1. The largest absolute Gasteiger partial charge is 0.384 e. The van der Waals surface area contributed by atoms with E-state index in [4.69, 9.17) is 4.74 Å². The molecule has 2 fully saturated rings. The van der Waals surface area contributed by atoms with Crippen molar-refractivity contribution in [3.05, 3.63) is 0 Å². The summed E-state index contributed by atoms with van der Waals surface area (Å²) in [6.07, 6.45) is 2.45. The predicted molar refractivity (Wildman–Crippen MR) is 91.3 cm³/mol. The van der Waals surface area contributed by atoms with Gasteiger partial charge in [-0.05, 0) is 32.7 Å². The molecule has 0 amide bonds. The van der Waals surface area contributed by atoms with Crippen LogP contribution in [0, 0.1) is 5.92 Å². The molecule has 0 aromatic heterocycles. The third-order valence-electron chi connectivity index (χ3n) is 4.81. The number of aliphatic imine (C=N–C) groups is 1. The second-order valence-electron chi connectivity index (χ2n) is 6.38. The molecule has 21 heavy (non-hydrogen) atoms. The zero-order valence-electron chi connectivity index (χ0n) is 13.9. The van der Waals surface area contributed by atoms with Crippen molar-refractivity contribution in [2.24, 2.45) is 10.9 Å². The highest BCUT2D eigenvalue weighted by molar-refractivity contribution is 7.99. The lowest BCUT2D eigenvalue weighted by atomic mass is 9.97. The summed E-state index contributed by atoms with van der Waals surface area (Å²) < 4.78 is 5.28. The van der Waals surface area contributed by atoms with E-state index in [1.165, 1.54) is 24.3 Å². The maximum atomic E-state index is 5.28. The van der Waals surface area contributed by atoms with Gasteiger partial charge in [0.1, 0.15) is 0 Å². The van der Waals surface area contributed by atoms with Crippen LogP contribution in [-0.4, -0.2) is 87.3 Å². The van der Waals surface area contributed by atoms with Crippen LogP contribution >= 0.6 is 11.8 Å². The zero-order chi connectivity index (χ0) is 15.3. The molecule has 0 bridgehead atoms. The number of rotatable bonds is 5. The van der Waals surface area contributed by atoms with Crippen molar-refractivity contribution in [2.75, 3.05) is 66.0 Å². The summed E-state index contributed by atoms with van der Waals surface area (Å²) in [7, 11) is 8.06. The zero-order valence-corrected chi connectivity index (χ0v) is 14.7. The number of hydrogen-bond donors (Lipinski definition) is 1. The van der Waals surface area contributed by atoms with Gasteiger partial charge in [0, 0.05) is 51.0 Å². The minimum absolute atomic E-state index is 0.270. The first-order valence-corrected chi connectivity index (χ1v) is 8.96. The normalized spacial score (nSPS) is 30.4. The second kappa shape index (κ2) is 7.70. The van der Waals surface area contributed by atoms with E-state index < -0.39 is 0 Å². The Bertz CT molecular complexity index is 356.